The van der Waals surface area contributed by atoms with Crippen LogP contribution in [0.1, 0.15) is 0 Å². The molecule has 2 heteroatoms. The fourth-order valence-electron chi connectivity index (χ4n) is 1.71. The van der Waals surface area contributed by atoms with Crippen LogP contribution in [-0.2, 0) is 0 Å². The molecule has 0 aliphatic heterocycles. The smallest absolute Gasteiger partial charge is 0.0840 e. The zero-order valence-electron chi connectivity index (χ0n) is 8.05. The molecule has 0 amide bonds. The van der Waals surface area contributed by atoms with Gasteiger partial charge in [0.05, 0.1) is 5.69 Å². The van der Waals surface area contributed by atoms with Gasteiger partial charge >= 0.3 is 0 Å². The molecule has 0 bridgehead atoms. The highest BCUT2D eigenvalue weighted by Gasteiger charge is 2.00. The van der Waals surface area contributed by atoms with Crippen LogP contribution in [0.15, 0.2) is 53.9 Å². The first-order valence-electron chi connectivity index (χ1n) is 4.83. The Hall–Kier alpha value is -1.67. The third kappa shape index (κ3) is 1.53. The second-order valence-electron chi connectivity index (χ2n) is 3.45. The van der Waals surface area contributed by atoms with Crippen LogP contribution in [0.25, 0.3) is 22.0 Å². The highest BCUT2D eigenvalue weighted by molar-refractivity contribution is 7.03. The molecule has 1 aromatic heterocycles. The highest BCUT2D eigenvalue weighted by Crippen LogP contribution is 2.23. The van der Waals surface area contributed by atoms with Crippen molar-refractivity contribution in [3.8, 4) is 11.3 Å². The van der Waals surface area contributed by atoms with E-state index in [0.29, 0.717) is 0 Å². The second kappa shape index (κ2) is 3.48. The Bertz CT molecular complexity index is 584. The van der Waals surface area contributed by atoms with Gasteiger partial charge in [-0.1, -0.05) is 36.4 Å². The van der Waals surface area contributed by atoms with E-state index in [-0.39, 0.29) is 0 Å². The molecule has 0 radical (unpaired) electrons. The number of aromatic nitrogens is 1. The van der Waals surface area contributed by atoms with Crippen LogP contribution in [0, 0.1) is 0 Å². The van der Waals surface area contributed by atoms with Gasteiger partial charge in [0.15, 0.2) is 0 Å². The van der Waals surface area contributed by atoms with E-state index in [9.17, 15) is 0 Å². The first-order valence-corrected chi connectivity index (χ1v) is 5.67. The molecule has 1 nitrogen and oxygen atoms in total. The maximum atomic E-state index is 4.33. The van der Waals surface area contributed by atoms with E-state index >= 15 is 0 Å². The molecule has 0 fully saturated rings. The first kappa shape index (κ1) is 8.62. The van der Waals surface area contributed by atoms with Crippen LogP contribution in [0.4, 0.5) is 0 Å². The predicted octanol–water partition coefficient (Wildman–Crippen LogP) is 3.96. The standard InChI is InChI=1S/C13H9NS/c1-2-4-11-9-12(6-5-10(11)3-1)13-7-8-15-14-13/h1-9H. The lowest BCUT2D eigenvalue weighted by atomic mass is 10.1. The molecule has 2 aromatic carbocycles. The van der Waals surface area contributed by atoms with Gasteiger partial charge in [0, 0.05) is 10.9 Å². The van der Waals surface area contributed by atoms with Gasteiger partial charge in [0.25, 0.3) is 0 Å². The average Bonchev–Trinajstić information content (AvgIpc) is 2.82. The minimum Gasteiger partial charge on any atom is -0.193 e. The quantitative estimate of drug-likeness (QED) is 0.593. The Morgan fingerprint density at radius 1 is 0.867 bits per heavy atom. The first-order chi connectivity index (χ1) is 7.43. The van der Waals surface area contributed by atoms with Crippen molar-refractivity contribution in [1.29, 1.82) is 0 Å². The summed E-state index contributed by atoms with van der Waals surface area (Å²) in [6, 6.07) is 16.9. The van der Waals surface area contributed by atoms with Crippen molar-refractivity contribution in [2.45, 2.75) is 0 Å². The van der Waals surface area contributed by atoms with Crippen LogP contribution in [0.3, 0.4) is 0 Å². The molecular weight excluding hydrogens is 202 g/mol. The summed E-state index contributed by atoms with van der Waals surface area (Å²) in [7, 11) is 0. The molecule has 3 aromatic rings. The van der Waals surface area contributed by atoms with Gasteiger partial charge < -0.3 is 0 Å². The summed E-state index contributed by atoms with van der Waals surface area (Å²) < 4.78 is 4.33. The average molecular weight is 211 g/mol. The van der Waals surface area contributed by atoms with Gasteiger partial charge in [-0.05, 0) is 34.4 Å². The zero-order chi connectivity index (χ0) is 10.1. The van der Waals surface area contributed by atoms with Crippen LogP contribution in [0.5, 0.6) is 0 Å². The van der Waals surface area contributed by atoms with Crippen LogP contribution in [-0.4, -0.2) is 4.37 Å². The molecule has 0 aliphatic rings. The number of hydrogen-bond acceptors (Lipinski definition) is 2. The Labute approximate surface area is 92.2 Å². The van der Waals surface area contributed by atoms with E-state index in [1.165, 1.54) is 27.9 Å². The number of hydrogen-bond donors (Lipinski definition) is 0. The number of rotatable bonds is 1. The summed E-state index contributed by atoms with van der Waals surface area (Å²) in [5, 5.41) is 4.55. The van der Waals surface area contributed by atoms with Gasteiger partial charge in [0.1, 0.15) is 0 Å². The lowest BCUT2D eigenvalue weighted by Gasteiger charge is -2.00. The fraction of sp³-hybridized carbons (Fsp3) is 0. The molecule has 0 aliphatic carbocycles. The van der Waals surface area contributed by atoms with Gasteiger partial charge in [0.2, 0.25) is 0 Å². The predicted molar refractivity (Wildman–Crippen MR) is 65.1 cm³/mol. The van der Waals surface area contributed by atoms with E-state index in [4.69, 9.17) is 0 Å². The van der Waals surface area contributed by atoms with Gasteiger partial charge in [-0.15, -0.1) is 0 Å². The van der Waals surface area contributed by atoms with Gasteiger partial charge in [-0.2, -0.15) is 4.37 Å². The summed E-state index contributed by atoms with van der Waals surface area (Å²) in [4.78, 5) is 0. The SMILES string of the molecule is c1ccc2cc(-c3ccsn3)ccc2c1. The van der Waals surface area contributed by atoms with Gasteiger partial charge in [-0.3, -0.25) is 0 Å². The summed E-state index contributed by atoms with van der Waals surface area (Å²) in [5.74, 6) is 0. The monoisotopic (exact) mass is 211 g/mol. The van der Waals surface area contributed by atoms with Crippen molar-refractivity contribution in [1.82, 2.24) is 4.37 Å². The largest absolute Gasteiger partial charge is 0.193 e. The van der Waals surface area contributed by atoms with E-state index in [2.05, 4.69) is 52.9 Å². The van der Waals surface area contributed by atoms with Crippen LogP contribution >= 0.6 is 11.5 Å². The Morgan fingerprint density at radius 2 is 1.73 bits per heavy atom. The summed E-state index contributed by atoms with van der Waals surface area (Å²) >= 11 is 1.49. The van der Waals surface area contributed by atoms with E-state index in [0.717, 1.165) is 5.69 Å². The van der Waals surface area contributed by atoms with Crippen molar-refractivity contribution in [2.75, 3.05) is 0 Å². The number of fused-ring (bicyclic) bond motifs is 1. The third-order valence-corrected chi connectivity index (χ3v) is 3.04. The molecule has 0 unspecified atom stereocenters. The minimum absolute atomic E-state index is 1.06. The number of benzene rings is 2. The van der Waals surface area contributed by atoms with E-state index in [1.807, 2.05) is 5.38 Å². The summed E-state index contributed by atoms with van der Waals surface area (Å²) in [5.41, 5.74) is 2.25. The lowest BCUT2D eigenvalue weighted by Crippen LogP contribution is -1.77. The maximum Gasteiger partial charge on any atom is 0.0840 e. The summed E-state index contributed by atoms with van der Waals surface area (Å²) in [6.45, 7) is 0. The van der Waals surface area contributed by atoms with Crippen LogP contribution < -0.4 is 0 Å². The second-order valence-corrected chi connectivity index (χ2v) is 4.11. The van der Waals surface area contributed by atoms with E-state index in [1.54, 1.807) is 0 Å². The Kier molecular flexibility index (Phi) is 2.00. The van der Waals surface area contributed by atoms with Crippen molar-refractivity contribution < 1.29 is 0 Å². The minimum atomic E-state index is 1.06. The normalized spacial score (nSPS) is 10.7. The van der Waals surface area contributed by atoms with Gasteiger partial charge in [-0.25, -0.2) is 0 Å². The molecule has 1 heterocycles. The molecular formula is C13H9NS. The highest BCUT2D eigenvalue weighted by atomic mass is 32.1. The maximum absolute atomic E-state index is 4.33. The fourth-order valence-corrected chi connectivity index (χ4v) is 2.24. The molecule has 3 rings (SSSR count). The molecule has 0 saturated carbocycles. The van der Waals surface area contributed by atoms with Crippen LogP contribution in [0.2, 0.25) is 0 Å². The molecule has 0 saturated heterocycles. The topological polar surface area (TPSA) is 12.9 Å². The Morgan fingerprint density at radius 3 is 2.53 bits per heavy atom. The third-order valence-electron chi connectivity index (χ3n) is 2.48. The zero-order valence-corrected chi connectivity index (χ0v) is 8.87. The summed E-state index contributed by atoms with van der Waals surface area (Å²) in [6.07, 6.45) is 0. The van der Waals surface area contributed by atoms with Crippen molar-refractivity contribution in [3.63, 3.8) is 0 Å². The van der Waals surface area contributed by atoms with Crippen molar-refractivity contribution >= 4 is 22.3 Å². The molecule has 0 atom stereocenters. The number of nitrogens with zero attached hydrogens (tertiary/aromatic N) is 1. The molecule has 0 spiro atoms. The van der Waals surface area contributed by atoms with Crippen molar-refractivity contribution in [3.05, 3.63) is 53.9 Å². The van der Waals surface area contributed by atoms with Crippen molar-refractivity contribution in [2.24, 2.45) is 0 Å². The Balaban J connectivity index is 2.22. The lowest BCUT2D eigenvalue weighted by molar-refractivity contribution is 1.54. The molecule has 0 N–H and O–H groups in total. The van der Waals surface area contributed by atoms with E-state index < -0.39 is 0 Å². The molecule has 15 heavy (non-hydrogen) atoms. The molecule has 72 valence electrons.